The fourth-order valence-corrected chi connectivity index (χ4v) is 3.20. The van der Waals surface area contributed by atoms with E-state index in [1.807, 2.05) is 26.1 Å². The Hall–Kier alpha value is -2.22. The second kappa shape index (κ2) is 7.35. The van der Waals surface area contributed by atoms with Gasteiger partial charge in [0, 0.05) is 37.6 Å². The molecule has 2 heterocycles. The summed E-state index contributed by atoms with van der Waals surface area (Å²) in [6.07, 6.45) is 1.81. The van der Waals surface area contributed by atoms with Gasteiger partial charge in [-0.2, -0.15) is 5.10 Å². The van der Waals surface area contributed by atoms with Crippen LogP contribution < -0.4 is 5.43 Å². The largest absolute Gasteiger partial charge is 0.318 e. The third kappa shape index (κ3) is 4.07. The Labute approximate surface area is 161 Å². The molecule has 3 aromatic rings. The average molecular weight is 445 g/mol. The molecule has 0 saturated carbocycles. The standard InChI is InChI=1S/C19H20IN5/c1-12-9-13(2)23-19(22-12)24-21-11-16-10-14(3)25(15(16)4)18-7-5-17(20)6-8-18/h5-11H,1-4H3,(H,22,23,24). The third-order valence-electron chi connectivity index (χ3n) is 3.91. The van der Waals surface area contributed by atoms with Crippen molar-refractivity contribution in [3.63, 3.8) is 0 Å². The van der Waals surface area contributed by atoms with Gasteiger partial charge in [0.25, 0.3) is 0 Å². The molecule has 0 spiro atoms. The van der Waals surface area contributed by atoms with Crippen LogP contribution in [-0.2, 0) is 0 Å². The zero-order valence-corrected chi connectivity index (χ0v) is 16.9. The summed E-state index contributed by atoms with van der Waals surface area (Å²) in [5, 5.41) is 4.30. The number of anilines is 1. The first-order valence-electron chi connectivity index (χ1n) is 8.00. The number of halogens is 1. The number of nitrogens with one attached hydrogen (secondary N) is 1. The maximum Gasteiger partial charge on any atom is 0.243 e. The summed E-state index contributed by atoms with van der Waals surface area (Å²) >= 11 is 2.32. The van der Waals surface area contributed by atoms with Crippen molar-refractivity contribution >= 4 is 34.8 Å². The predicted octanol–water partition coefficient (Wildman–Crippen LogP) is 4.55. The molecule has 1 N–H and O–H groups in total. The fourth-order valence-electron chi connectivity index (χ4n) is 2.84. The Morgan fingerprint density at radius 3 is 2.28 bits per heavy atom. The molecule has 0 radical (unpaired) electrons. The molecule has 5 nitrogen and oxygen atoms in total. The molecule has 0 bridgehead atoms. The molecule has 0 atom stereocenters. The highest BCUT2D eigenvalue weighted by molar-refractivity contribution is 14.1. The number of nitrogens with zero attached hydrogens (tertiary/aromatic N) is 4. The number of aromatic nitrogens is 3. The molecule has 0 saturated heterocycles. The molecule has 6 heteroatoms. The molecule has 0 unspecified atom stereocenters. The molecular formula is C19H20IN5. The molecule has 0 aliphatic carbocycles. The van der Waals surface area contributed by atoms with Gasteiger partial charge in [0.15, 0.2) is 0 Å². The van der Waals surface area contributed by atoms with Crippen molar-refractivity contribution in [3.8, 4) is 5.69 Å². The summed E-state index contributed by atoms with van der Waals surface area (Å²) in [6, 6.07) is 12.5. The lowest BCUT2D eigenvalue weighted by Crippen LogP contribution is -2.01. The summed E-state index contributed by atoms with van der Waals surface area (Å²) < 4.78 is 3.45. The van der Waals surface area contributed by atoms with E-state index in [-0.39, 0.29) is 0 Å². The van der Waals surface area contributed by atoms with Crippen LogP contribution in [0.3, 0.4) is 0 Å². The minimum absolute atomic E-state index is 0.514. The molecule has 0 amide bonds. The highest BCUT2D eigenvalue weighted by Crippen LogP contribution is 2.20. The van der Waals surface area contributed by atoms with E-state index in [0.29, 0.717) is 5.95 Å². The lowest BCUT2D eigenvalue weighted by atomic mass is 10.2. The number of benzene rings is 1. The Balaban J connectivity index is 1.84. The van der Waals surface area contributed by atoms with E-state index in [0.717, 1.165) is 28.3 Å². The first kappa shape index (κ1) is 17.6. The molecule has 0 aliphatic rings. The highest BCUT2D eigenvalue weighted by Gasteiger charge is 2.09. The van der Waals surface area contributed by atoms with Crippen molar-refractivity contribution in [2.75, 3.05) is 5.43 Å². The minimum Gasteiger partial charge on any atom is -0.318 e. The molecule has 0 fully saturated rings. The summed E-state index contributed by atoms with van der Waals surface area (Å²) in [4.78, 5) is 8.65. The van der Waals surface area contributed by atoms with Crippen LogP contribution in [0.15, 0.2) is 41.5 Å². The number of aryl methyl sites for hydroxylation is 3. The summed E-state index contributed by atoms with van der Waals surface area (Å²) in [5.74, 6) is 0.514. The molecule has 2 aromatic heterocycles. The summed E-state index contributed by atoms with van der Waals surface area (Å²) in [7, 11) is 0. The smallest absolute Gasteiger partial charge is 0.243 e. The average Bonchev–Trinajstić information content (AvgIpc) is 2.82. The van der Waals surface area contributed by atoms with Crippen LogP contribution in [0, 0.1) is 31.3 Å². The van der Waals surface area contributed by atoms with Crippen molar-refractivity contribution in [1.29, 1.82) is 0 Å². The number of hydrazone groups is 1. The van der Waals surface area contributed by atoms with Crippen LogP contribution in [-0.4, -0.2) is 20.7 Å². The van der Waals surface area contributed by atoms with Gasteiger partial charge in [-0.1, -0.05) is 0 Å². The summed E-state index contributed by atoms with van der Waals surface area (Å²) in [5.41, 5.74) is 9.28. The SMILES string of the molecule is Cc1cc(C)nc(NN=Cc2cc(C)n(-c3ccc(I)cc3)c2C)n1. The maximum absolute atomic E-state index is 4.32. The van der Waals surface area contributed by atoms with E-state index in [1.165, 1.54) is 9.26 Å². The van der Waals surface area contributed by atoms with Crippen molar-refractivity contribution < 1.29 is 0 Å². The lowest BCUT2D eigenvalue weighted by Gasteiger charge is -2.09. The topological polar surface area (TPSA) is 55.1 Å². The van der Waals surface area contributed by atoms with Gasteiger partial charge in [0.05, 0.1) is 6.21 Å². The molecular weight excluding hydrogens is 425 g/mol. The van der Waals surface area contributed by atoms with E-state index in [9.17, 15) is 0 Å². The third-order valence-corrected chi connectivity index (χ3v) is 4.62. The second-order valence-electron chi connectivity index (χ2n) is 5.98. The van der Waals surface area contributed by atoms with Gasteiger partial charge in [0.1, 0.15) is 0 Å². The van der Waals surface area contributed by atoms with Crippen molar-refractivity contribution in [1.82, 2.24) is 14.5 Å². The number of hydrogen-bond acceptors (Lipinski definition) is 4. The van der Waals surface area contributed by atoms with Crippen LogP contribution >= 0.6 is 22.6 Å². The maximum atomic E-state index is 4.32. The Kier molecular flexibility index (Phi) is 5.17. The van der Waals surface area contributed by atoms with Crippen LogP contribution in [0.4, 0.5) is 5.95 Å². The predicted molar refractivity (Wildman–Crippen MR) is 111 cm³/mol. The zero-order chi connectivity index (χ0) is 18.0. The summed E-state index contributed by atoms with van der Waals surface area (Å²) in [6.45, 7) is 8.08. The van der Waals surface area contributed by atoms with E-state index in [2.05, 4.69) is 91.8 Å². The number of hydrogen-bond donors (Lipinski definition) is 1. The van der Waals surface area contributed by atoms with Crippen LogP contribution in [0.1, 0.15) is 28.3 Å². The fraction of sp³-hybridized carbons (Fsp3) is 0.211. The van der Waals surface area contributed by atoms with Crippen LogP contribution in [0.5, 0.6) is 0 Å². The van der Waals surface area contributed by atoms with Gasteiger partial charge in [-0.3, -0.25) is 0 Å². The highest BCUT2D eigenvalue weighted by atomic mass is 127. The Morgan fingerprint density at radius 2 is 1.64 bits per heavy atom. The molecule has 25 heavy (non-hydrogen) atoms. The normalized spacial score (nSPS) is 11.2. The zero-order valence-electron chi connectivity index (χ0n) is 14.7. The Bertz CT molecular complexity index is 905. The Morgan fingerprint density at radius 1 is 1.00 bits per heavy atom. The van der Waals surface area contributed by atoms with Gasteiger partial charge >= 0.3 is 0 Å². The van der Waals surface area contributed by atoms with Crippen molar-refractivity contribution in [2.45, 2.75) is 27.7 Å². The molecule has 3 rings (SSSR count). The first-order chi connectivity index (χ1) is 11.9. The quantitative estimate of drug-likeness (QED) is 0.364. The second-order valence-corrected chi connectivity index (χ2v) is 7.23. The number of rotatable bonds is 4. The van der Waals surface area contributed by atoms with E-state index >= 15 is 0 Å². The van der Waals surface area contributed by atoms with Gasteiger partial charge in [-0.25, -0.2) is 15.4 Å². The van der Waals surface area contributed by atoms with E-state index < -0.39 is 0 Å². The van der Waals surface area contributed by atoms with Crippen LogP contribution in [0.2, 0.25) is 0 Å². The van der Waals surface area contributed by atoms with Gasteiger partial charge in [-0.15, -0.1) is 0 Å². The van der Waals surface area contributed by atoms with Gasteiger partial charge < -0.3 is 4.57 Å². The van der Waals surface area contributed by atoms with Gasteiger partial charge in [-0.05, 0) is 86.7 Å². The monoisotopic (exact) mass is 445 g/mol. The van der Waals surface area contributed by atoms with Gasteiger partial charge in [0.2, 0.25) is 5.95 Å². The lowest BCUT2D eigenvalue weighted by molar-refractivity contribution is 0.964. The van der Waals surface area contributed by atoms with E-state index in [1.54, 1.807) is 0 Å². The molecule has 1 aromatic carbocycles. The molecule has 128 valence electrons. The van der Waals surface area contributed by atoms with Crippen LogP contribution in [0.25, 0.3) is 5.69 Å². The van der Waals surface area contributed by atoms with E-state index in [4.69, 9.17) is 0 Å². The first-order valence-corrected chi connectivity index (χ1v) is 9.08. The molecule has 0 aliphatic heterocycles. The van der Waals surface area contributed by atoms with Crippen molar-refractivity contribution in [2.24, 2.45) is 5.10 Å². The minimum atomic E-state index is 0.514. The van der Waals surface area contributed by atoms with Crippen molar-refractivity contribution in [3.05, 3.63) is 68.3 Å².